The maximum Gasteiger partial charge on any atom is 0.394 e. The first-order chi connectivity index (χ1) is 7.38. The van der Waals surface area contributed by atoms with Crippen LogP contribution in [0.3, 0.4) is 0 Å². The molecule has 94 valence electrons. The van der Waals surface area contributed by atoms with Crippen molar-refractivity contribution in [2.45, 2.75) is 58.5 Å². The maximum absolute atomic E-state index is 13.3. The van der Waals surface area contributed by atoms with Gasteiger partial charge in [0.1, 0.15) is 0 Å². The smallest absolute Gasteiger partial charge is 0.171 e. The Morgan fingerprint density at radius 1 is 1.12 bits per heavy atom. The van der Waals surface area contributed by atoms with Gasteiger partial charge in [-0.2, -0.15) is 13.2 Å². The van der Waals surface area contributed by atoms with Crippen molar-refractivity contribution in [2.24, 2.45) is 23.2 Å². The van der Waals surface area contributed by atoms with E-state index in [0.717, 1.165) is 19.3 Å². The fourth-order valence-electron chi connectivity index (χ4n) is 4.08. The zero-order valence-electron chi connectivity index (χ0n) is 10.1. The summed E-state index contributed by atoms with van der Waals surface area (Å²) in [6.07, 6.45) is 0.971. The molecule has 0 spiro atoms. The van der Waals surface area contributed by atoms with E-state index in [2.05, 4.69) is 0 Å². The van der Waals surface area contributed by atoms with Gasteiger partial charge in [0.15, 0.2) is 0 Å². The van der Waals surface area contributed by atoms with Crippen LogP contribution in [0, 0.1) is 23.2 Å². The Hall–Kier alpha value is -0.210. The van der Waals surface area contributed by atoms with E-state index in [1.807, 2.05) is 6.92 Å². The van der Waals surface area contributed by atoms with Crippen molar-refractivity contribution in [1.82, 2.24) is 0 Å². The topological polar surface area (TPSA) is 0 Å². The third kappa shape index (κ3) is 1.76. The van der Waals surface area contributed by atoms with Gasteiger partial charge in [-0.05, 0) is 43.4 Å². The zero-order chi connectivity index (χ0) is 12.0. The van der Waals surface area contributed by atoms with Gasteiger partial charge in [-0.15, -0.1) is 0 Å². The lowest BCUT2D eigenvalue weighted by Gasteiger charge is -2.41. The molecule has 0 radical (unpaired) electrons. The molecule has 0 heterocycles. The number of hydrogen-bond acceptors (Lipinski definition) is 0. The van der Waals surface area contributed by atoms with Crippen LogP contribution in [0.15, 0.2) is 0 Å². The number of halogens is 3. The molecular formula is C13H21F3. The highest BCUT2D eigenvalue weighted by Gasteiger charge is 2.59. The Bertz CT molecular complexity index is 258. The van der Waals surface area contributed by atoms with E-state index < -0.39 is 11.6 Å². The third-order valence-corrected chi connectivity index (χ3v) is 4.97. The zero-order valence-corrected chi connectivity index (χ0v) is 10.1. The van der Waals surface area contributed by atoms with Crippen LogP contribution in [0.4, 0.5) is 13.2 Å². The molecule has 2 bridgehead atoms. The maximum atomic E-state index is 13.3. The molecule has 0 saturated heterocycles. The first-order valence-corrected chi connectivity index (χ1v) is 6.45. The van der Waals surface area contributed by atoms with Gasteiger partial charge in [0, 0.05) is 0 Å². The lowest BCUT2D eigenvalue weighted by Crippen LogP contribution is -2.44. The van der Waals surface area contributed by atoms with Crippen molar-refractivity contribution >= 4 is 0 Å². The van der Waals surface area contributed by atoms with Crippen molar-refractivity contribution in [3.8, 4) is 0 Å². The van der Waals surface area contributed by atoms with Crippen LogP contribution in [0.2, 0.25) is 0 Å². The van der Waals surface area contributed by atoms with Crippen LogP contribution in [0.25, 0.3) is 0 Å². The average molecular weight is 234 g/mol. The number of fused-ring (bicyclic) bond motifs is 2. The van der Waals surface area contributed by atoms with E-state index in [9.17, 15) is 13.2 Å². The molecule has 0 aromatic carbocycles. The lowest BCUT2D eigenvalue weighted by atomic mass is 9.66. The fraction of sp³-hybridized carbons (Fsp3) is 1.00. The minimum atomic E-state index is -4.03. The third-order valence-electron chi connectivity index (χ3n) is 4.97. The van der Waals surface area contributed by atoms with Gasteiger partial charge in [-0.25, -0.2) is 0 Å². The van der Waals surface area contributed by atoms with Gasteiger partial charge in [0.25, 0.3) is 0 Å². The number of hydrogen-bond donors (Lipinski definition) is 0. The molecule has 0 aromatic heterocycles. The van der Waals surface area contributed by atoms with Crippen LogP contribution in [-0.4, -0.2) is 6.18 Å². The van der Waals surface area contributed by atoms with E-state index in [4.69, 9.17) is 0 Å². The van der Waals surface area contributed by atoms with E-state index >= 15 is 0 Å². The van der Waals surface area contributed by atoms with Crippen molar-refractivity contribution < 1.29 is 13.2 Å². The largest absolute Gasteiger partial charge is 0.394 e. The molecule has 16 heavy (non-hydrogen) atoms. The highest BCUT2D eigenvalue weighted by Crippen LogP contribution is 2.60. The minimum absolute atomic E-state index is 0.105. The predicted octanol–water partition coefficient (Wildman–Crippen LogP) is 4.79. The second kappa shape index (κ2) is 3.92. The van der Waals surface area contributed by atoms with Crippen LogP contribution in [0.1, 0.15) is 52.4 Å². The second-order valence-corrected chi connectivity index (χ2v) is 5.95. The molecule has 2 rings (SSSR count). The van der Waals surface area contributed by atoms with Crippen molar-refractivity contribution in [2.75, 3.05) is 0 Å². The molecule has 4 atom stereocenters. The summed E-state index contributed by atoms with van der Waals surface area (Å²) in [5.74, 6) is 0.836. The van der Waals surface area contributed by atoms with Gasteiger partial charge in [-0.1, -0.05) is 26.7 Å². The van der Waals surface area contributed by atoms with E-state index in [-0.39, 0.29) is 5.92 Å². The average Bonchev–Trinajstić information content (AvgIpc) is 2.76. The summed E-state index contributed by atoms with van der Waals surface area (Å²) in [7, 11) is 0. The van der Waals surface area contributed by atoms with E-state index in [1.165, 1.54) is 13.3 Å². The first kappa shape index (κ1) is 12.3. The Morgan fingerprint density at radius 3 is 2.19 bits per heavy atom. The van der Waals surface area contributed by atoms with Crippen LogP contribution in [-0.2, 0) is 0 Å². The highest BCUT2D eigenvalue weighted by molar-refractivity contribution is 5.00. The van der Waals surface area contributed by atoms with E-state index in [0.29, 0.717) is 24.7 Å². The Labute approximate surface area is 95.6 Å². The minimum Gasteiger partial charge on any atom is -0.171 e. The van der Waals surface area contributed by atoms with Gasteiger partial charge >= 0.3 is 6.18 Å². The molecule has 0 aliphatic heterocycles. The Morgan fingerprint density at radius 2 is 1.81 bits per heavy atom. The van der Waals surface area contributed by atoms with Crippen molar-refractivity contribution in [3.05, 3.63) is 0 Å². The molecule has 2 aliphatic carbocycles. The predicted molar refractivity (Wildman–Crippen MR) is 58.0 cm³/mol. The molecule has 0 amide bonds. The highest BCUT2D eigenvalue weighted by atomic mass is 19.4. The summed E-state index contributed by atoms with van der Waals surface area (Å²) < 4.78 is 39.8. The van der Waals surface area contributed by atoms with Gasteiger partial charge in [-0.3, -0.25) is 0 Å². The van der Waals surface area contributed by atoms with Crippen LogP contribution in [0.5, 0.6) is 0 Å². The number of rotatable bonds is 3. The van der Waals surface area contributed by atoms with E-state index in [1.54, 1.807) is 0 Å². The molecule has 3 heteroatoms. The summed E-state index contributed by atoms with van der Waals surface area (Å²) in [4.78, 5) is 0. The van der Waals surface area contributed by atoms with Crippen molar-refractivity contribution in [1.29, 1.82) is 0 Å². The summed E-state index contributed by atoms with van der Waals surface area (Å²) >= 11 is 0. The molecule has 2 saturated carbocycles. The Kier molecular flexibility index (Phi) is 3.00. The number of alkyl halides is 3. The lowest BCUT2D eigenvalue weighted by molar-refractivity contribution is -0.244. The first-order valence-electron chi connectivity index (χ1n) is 6.45. The molecule has 2 aliphatic rings. The Balaban J connectivity index is 2.20. The van der Waals surface area contributed by atoms with Gasteiger partial charge in [0.05, 0.1) is 5.41 Å². The van der Waals surface area contributed by atoms with Crippen LogP contribution < -0.4 is 0 Å². The normalized spacial score (nSPS) is 37.7. The molecule has 2 fully saturated rings. The van der Waals surface area contributed by atoms with Gasteiger partial charge < -0.3 is 0 Å². The standard InChI is InChI=1S/C13H21F3/c1-3-6-12(2,13(14,15)16)11-8-9-4-5-10(11)7-9/h9-11H,3-8H2,1-2H3. The molecule has 4 unspecified atom stereocenters. The van der Waals surface area contributed by atoms with Crippen molar-refractivity contribution in [3.63, 3.8) is 0 Å². The summed E-state index contributed by atoms with van der Waals surface area (Å²) in [6.45, 7) is 3.32. The van der Waals surface area contributed by atoms with Crippen LogP contribution >= 0.6 is 0 Å². The quantitative estimate of drug-likeness (QED) is 0.658. The van der Waals surface area contributed by atoms with Gasteiger partial charge in [0.2, 0.25) is 0 Å². The summed E-state index contributed by atoms with van der Waals surface area (Å²) in [5.41, 5.74) is -1.43. The molecule has 0 N–H and O–H groups in total. The monoisotopic (exact) mass is 234 g/mol. The SMILES string of the molecule is CCCC(C)(C1CC2CCC1C2)C(F)(F)F. The molecule has 0 nitrogen and oxygen atoms in total. The summed E-state index contributed by atoms with van der Waals surface area (Å²) in [6, 6.07) is 0. The second-order valence-electron chi connectivity index (χ2n) is 5.95. The fourth-order valence-corrected chi connectivity index (χ4v) is 4.08. The molecular weight excluding hydrogens is 213 g/mol. The summed E-state index contributed by atoms with van der Waals surface area (Å²) in [5, 5.41) is 0. The molecule has 0 aromatic rings.